The molecule has 28 heavy (non-hydrogen) atoms. The fourth-order valence-corrected chi connectivity index (χ4v) is 3.40. The largest absolute Gasteiger partial charge is 0.486 e. The number of hydrogen-bond acceptors (Lipinski definition) is 8. The lowest BCUT2D eigenvalue weighted by Gasteiger charge is -2.19. The van der Waals surface area contributed by atoms with Gasteiger partial charge in [-0.05, 0) is 24.1 Å². The Morgan fingerprint density at radius 1 is 1.32 bits per heavy atom. The van der Waals surface area contributed by atoms with Crippen molar-refractivity contribution in [3.63, 3.8) is 0 Å². The van der Waals surface area contributed by atoms with Gasteiger partial charge in [-0.2, -0.15) is 9.36 Å². The minimum Gasteiger partial charge on any atom is -0.486 e. The predicted octanol–water partition coefficient (Wildman–Crippen LogP) is 1.29. The topological polar surface area (TPSA) is 94.4 Å². The van der Waals surface area contributed by atoms with E-state index in [1.165, 1.54) is 11.5 Å². The van der Waals surface area contributed by atoms with Crippen molar-refractivity contribution in [2.75, 3.05) is 38.3 Å². The van der Waals surface area contributed by atoms with E-state index in [2.05, 4.69) is 19.7 Å². The van der Waals surface area contributed by atoms with E-state index in [0.29, 0.717) is 30.8 Å². The highest BCUT2D eigenvalue weighted by atomic mass is 32.1. The van der Waals surface area contributed by atoms with Gasteiger partial charge >= 0.3 is 0 Å². The van der Waals surface area contributed by atoms with Gasteiger partial charge in [-0.3, -0.25) is 9.36 Å². The van der Waals surface area contributed by atoms with Crippen LogP contribution >= 0.6 is 11.5 Å². The summed E-state index contributed by atoms with van der Waals surface area (Å²) in [4.78, 5) is 22.4. The summed E-state index contributed by atoms with van der Waals surface area (Å²) in [5.74, 6) is 2.01. The van der Waals surface area contributed by atoms with Crippen molar-refractivity contribution in [1.29, 1.82) is 0 Å². The zero-order valence-electron chi connectivity index (χ0n) is 15.4. The summed E-state index contributed by atoms with van der Waals surface area (Å²) in [5, 5.41) is 3.61. The molecule has 10 heteroatoms. The van der Waals surface area contributed by atoms with Crippen molar-refractivity contribution in [2.24, 2.45) is 0 Å². The minimum atomic E-state index is -0.0700. The van der Waals surface area contributed by atoms with Crippen LogP contribution in [0.5, 0.6) is 11.5 Å². The highest BCUT2D eigenvalue weighted by Gasteiger charge is 2.14. The smallest absolute Gasteiger partial charge is 0.248 e. The van der Waals surface area contributed by atoms with Crippen LogP contribution in [0.25, 0.3) is 5.95 Å². The number of nitrogens with zero attached hydrogens (tertiary/aromatic N) is 5. The lowest BCUT2D eigenvalue weighted by Crippen LogP contribution is -2.36. The molecular weight excluding hydrogens is 380 g/mol. The van der Waals surface area contributed by atoms with Crippen molar-refractivity contribution < 1.29 is 14.3 Å². The third kappa shape index (κ3) is 4.22. The van der Waals surface area contributed by atoms with Crippen molar-refractivity contribution in [3.8, 4) is 17.4 Å². The highest BCUT2D eigenvalue weighted by Crippen LogP contribution is 2.30. The normalized spacial score (nSPS) is 12.6. The van der Waals surface area contributed by atoms with E-state index in [9.17, 15) is 4.79 Å². The van der Waals surface area contributed by atoms with Gasteiger partial charge in [0.25, 0.3) is 0 Å². The molecule has 146 valence electrons. The maximum Gasteiger partial charge on any atom is 0.248 e. The van der Waals surface area contributed by atoms with Gasteiger partial charge in [0.1, 0.15) is 19.5 Å². The van der Waals surface area contributed by atoms with E-state index < -0.39 is 0 Å². The first kappa shape index (κ1) is 18.2. The number of fused-ring (bicyclic) bond motifs is 1. The zero-order valence-corrected chi connectivity index (χ0v) is 16.2. The first-order chi connectivity index (χ1) is 13.7. The second kappa shape index (κ2) is 8.26. The lowest BCUT2D eigenvalue weighted by atomic mass is 10.1. The number of ether oxygens (including phenoxy) is 2. The van der Waals surface area contributed by atoms with Gasteiger partial charge in [-0.25, -0.2) is 4.98 Å². The van der Waals surface area contributed by atoms with E-state index >= 15 is 0 Å². The number of nitrogens with one attached hydrogen (secondary N) is 1. The van der Waals surface area contributed by atoms with E-state index in [-0.39, 0.29) is 12.5 Å². The van der Waals surface area contributed by atoms with Gasteiger partial charge < -0.3 is 19.7 Å². The molecule has 0 bridgehead atoms. The van der Waals surface area contributed by atoms with Crippen LogP contribution in [0.4, 0.5) is 5.13 Å². The SMILES string of the molecule is CN(CC(=O)NCCc1ccc2c(c1)OCCO2)c1nc(-n2ccnc2)ns1. The Balaban J connectivity index is 1.25. The Morgan fingerprint density at radius 3 is 3.00 bits per heavy atom. The summed E-state index contributed by atoms with van der Waals surface area (Å²) >= 11 is 1.24. The molecule has 0 saturated carbocycles. The Labute approximate surface area is 166 Å². The molecule has 3 aromatic rings. The Kier molecular flexibility index (Phi) is 5.38. The van der Waals surface area contributed by atoms with Crippen LogP contribution in [-0.2, 0) is 11.2 Å². The van der Waals surface area contributed by atoms with Crippen LogP contribution in [0.3, 0.4) is 0 Å². The third-order valence-corrected chi connectivity index (χ3v) is 5.01. The molecule has 1 aliphatic rings. The number of imidazole rings is 1. The minimum absolute atomic E-state index is 0.0700. The maximum absolute atomic E-state index is 12.2. The lowest BCUT2D eigenvalue weighted by molar-refractivity contribution is -0.119. The summed E-state index contributed by atoms with van der Waals surface area (Å²) in [6.07, 6.45) is 5.79. The third-order valence-electron chi connectivity index (χ3n) is 4.19. The molecule has 4 rings (SSSR count). The molecule has 0 aliphatic carbocycles. The first-order valence-electron chi connectivity index (χ1n) is 8.87. The van der Waals surface area contributed by atoms with E-state index in [1.54, 1.807) is 28.2 Å². The molecule has 1 aromatic carbocycles. The second-order valence-electron chi connectivity index (χ2n) is 6.28. The van der Waals surface area contributed by atoms with Crippen LogP contribution in [0.15, 0.2) is 36.9 Å². The molecule has 0 saturated heterocycles. The fourth-order valence-electron chi connectivity index (χ4n) is 2.77. The number of anilines is 1. The van der Waals surface area contributed by atoms with E-state index in [0.717, 1.165) is 23.5 Å². The van der Waals surface area contributed by atoms with Gasteiger partial charge in [0.15, 0.2) is 11.5 Å². The summed E-state index contributed by atoms with van der Waals surface area (Å²) in [6, 6.07) is 5.86. The summed E-state index contributed by atoms with van der Waals surface area (Å²) in [6.45, 7) is 1.89. The average molecular weight is 400 g/mol. The van der Waals surface area contributed by atoms with Crippen LogP contribution in [-0.4, -0.2) is 58.2 Å². The molecule has 3 heterocycles. The molecule has 0 unspecified atom stereocenters. The zero-order chi connectivity index (χ0) is 19.3. The quantitative estimate of drug-likeness (QED) is 0.639. The van der Waals surface area contributed by atoms with Gasteiger partial charge in [0, 0.05) is 37.5 Å². The Morgan fingerprint density at radius 2 is 2.18 bits per heavy atom. The van der Waals surface area contributed by atoms with Gasteiger partial charge in [-0.1, -0.05) is 6.07 Å². The molecule has 0 radical (unpaired) electrons. The van der Waals surface area contributed by atoms with Crippen molar-refractivity contribution in [1.82, 2.24) is 24.2 Å². The maximum atomic E-state index is 12.2. The van der Waals surface area contributed by atoms with Crippen LogP contribution in [0.2, 0.25) is 0 Å². The molecule has 0 fully saturated rings. The molecule has 9 nitrogen and oxygen atoms in total. The molecule has 0 atom stereocenters. The number of carbonyl (C=O) groups is 1. The van der Waals surface area contributed by atoms with Crippen molar-refractivity contribution in [2.45, 2.75) is 6.42 Å². The fraction of sp³-hybridized carbons (Fsp3) is 0.333. The van der Waals surface area contributed by atoms with Crippen molar-refractivity contribution >= 4 is 22.6 Å². The molecule has 1 aliphatic heterocycles. The number of likely N-dealkylation sites (N-methyl/N-ethyl adjacent to an activating group) is 1. The van der Waals surface area contributed by atoms with Gasteiger partial charge in [0.2, 0.25) is 17.0 Å². The van der Waals surface area contributed by atoms with Crippen LogP contribution < -0.4 is 19.7 Å². The Bertz CT molecular complexity index is 943. The number of carbonyl (C=O) groups excluding carboxylic acids is 1. The number of amides is 1. The Hall–Kier alpha value is -3.14. The molecular formula is C18H20N6O3S. The van der Waals surface area contributed by atoms with Crippen LogP contribution in [0, 0.1) is 0 Å². The monoisotopic (exact) mass is 400 g/mol. The summed E-state index contributed by atoms with van der Waals surface area (Å²) in [5.41, 5.74) is 1.09. The molecule has 1 N–H and O–H groups in total. The number of hydrogen-bond donors (Lipinski definition) is 1. The highest BCUT2D eigenvalue weighted by molar-refractivity contribution is 7.09. The summed E-state index contributed by atoms with van der Waals surface area (Å²) in [7, 11) is 1.82. The number of rotatable bonds is 7. The van der Waals surface area contributed by atoms with Crippen molar-refractivity contribution in [3.05, 3.63) is 42.5 Å². The standard InChI is InChI=1S/C18H20N6O3S/c1-23(18-21-17(22-28-18)24-7-6-19-12-24)11-16(25)20-5-4-13-2-3-14-15(10-13)27-9-8-26-14/h2-3,6-7,10,12H,4-5,8-9,11H2,1H3,(H,20,25). The second-order valence-corrected chi connectivity index (χ2v) is 7.01. The first-order valence-corrected chi connectivity index (χ1v) is 9.65. The predicted molar refractivity (Wildman–Crippen MR) is 104 cm³/mol. The summed E-state index contributed by atoms with van der Waals surface area (Å²) < 4.78 is 17.1. The van der Waals surface area contributed by atoms with Crippen LogP contribution in [0.1, 0.15) is 5.56 Å². The van der Waals surface area contributed by atoms with Gasteiger partial charge in [0.05, 0.1) is 6.54 Å². The number of benzene rings is 1. The van der Waals surface area contributed by atoms with E-state index in [1.807, 2.05) is 25.2 Å². The molecule has 2 aromatic heterocycles. The number of aromatic nitrogens is 4. The molecule has 1 amide bonds. The molecule has 0 spiro atoms. The van der Waals surface area contributed by atoms with Gasteiger partial charge in [-0.15, -0.1) is 0 Å². The average Bonchev–Trinajstić information content (AvgIpc) is 3.39. The van der Waals surface area contributed by atoms with E-state index in [4.69, 9.17) is 9.47 Å².